The van der Waals surface area contributed by atoms with Gasteiger partial charge in [0.25, 0.3) is 0 Å². The monoisotopic (exact) mass is 410 g/mol. The zero-order chi connectivity index (χ0) is 20.6. The molecule has 0 aromatic carbocycles. The van der Waals surface area contributed by atoms with E-state index < -0.39 is 74.5 Å². The predicted molar refractivity (Wildman–Crippen MR) is 90.7 cm³/mol. The Morgan fingerprint density at radius 1 is 0.536 bits per heavy atom. The van der Waals surface area contributed by atoms with Crippen LogP contribution in [0.4, 0.5) is 0 Å². The summed E-state index contributed by atoms with van der Waals surface area (Å²) >= 11 is 0. The number of aliphatic hydroxyl groups excluding tert-OH is 8. The van der Waals surface area contributed by atoms with E-state index in [9.17, 15) is 40.9 Å². The average molecular weight is 410 g/mol. The summed E-state index contributed by atoms with van der Waals surface area (Å²) in [6.45, 7) is 0.364. The van der Waals surface area contributed by atoms with E-state index in [1.165, 1.54) is 0 Å². The maximum absolute atomic E-state index is 10.2. The molecule has 10 atom stereocenters. The van der Waals surface area contributed by atoms with E-state index in [0.29, 0.717) is 26.2 Å². The van der Waals surface area contributed by atoms with E-state index >= 15 is 0 Å². The molecule has 3 heterocycles. The predicted octanol–water partition coefficient (Wildman–Crippen LogP) is -5.80. The van der Waals surface area contributed by atoms with Crippen LogP contribution in [0, 0.1) is 0 Å². The van der Waals surface area contributed by atoms with E-state index in [1.54, 1.807) is 9.80 Å². The lowest BCUT2D eigenvalue weighted by Crippen LogP contribution is -2.68. The Kier molecular flexibility index (Phi) is 7.23. The summed E-state index contributed by atoms with van der Waals surface area (Å²) in [5.74, 6) is 0. The van der Waals surface area contributed by atoms with E-state index in [0.717, 1.165) is 0 Å². The molecule has 0 aromatic heterocycles. The molecule has 2 unspecified atom stereocenters. The van der Waals surface area contributed by atoms with E-state index in [4.69, 9.17) is 9.47 Å². The Morgan fingerprint density at radius 3 is 1.14 bits per heavy atom. The molecule has 3 aliphatic rings. The Labute approximate surface area is 161 Å². The molecule has 0 amide bonds. The fraction of sp³-hybridized carbons (Fsp3) is 1.00. The Hall–Kier alpha value is -0.480. The van der Waals surface area contributed by atoms with Gasteiger partial charge in [-0.3, -0.25) is 9.80 Å². The second-order valence-corrected chi connectivity index (χ2v) is 7.51. The number of rotatable bonds is 4. The summed E-state index contributed by atoms with van der Waals surface area (Å²) in [5.41, 5.74) is 0. The molecule has 0 aromatic rings. The lowest BCUT2D eigenvalue weighted by molar-refractivity contribution is -0.283. The van der Waals surface area contributed by atoms with Gasteiger partial charge in [0, 0.05) is 26.2 Å². The van der Waals surface area contributed by atoms with Crippen LogP contribution >= 0.6 is 0 Å². The van der Waals surface area contributed by atoms with Crippen LogP contribution < -0.4 is 0 Å². The third kappa shape index (κ3) is 4.05. The fourth-order valence-corrected chi connectivity index (χ4v) is 4.01. The first-order valence-corrected chi connectivity index (χ1v) is 9.39. The van der Waals surface area contributed by atoms with Crippen molar-refractivity contribution in [1.82, 2.24) is 9.80 Å². The van der Waals surface area contributed by atoms with Crippen molar-refractivity contribution in [2.24, 2.45) is 0 Å². The number of hydrogen-bond acceptors (Lipinski definition) is 12. The van der Waals surface area contributed by atoms with Crippen molar-refractivity contribution in [3.05, 3.63) is 0 Å². The first-order valence-electron chi connectivity index (χ1n) is 9.39. The average Bonchev–Trinajstić information content (AvgIpc) is 2.71. The van der Waals surface area contributed by atoms with Crippen molar-refractivity contribution >= 4 is 0 Å². The Balaban J connectivity index is 1.61. The van der Waals surface area contributed by atoms with Gasteiger partial charge in [0.15, 0.2) is 0 Å². The van der Waals surface area contributed by atoms with Crippen LogP contribution in [-0.4, -0.2) is 151 Å². The molecule has 0 bridgehead atoms. The lowest BCUT2D eigenvalue weighted by atomic mass is 9.96. The molecule has 0 spiro atoms. The first-order chi connectivity index (χ1) is 13.3. The van der Waals surface area contributed by atoms with Crippen LogP contribution in [0.1, 0.15) is 0 Å². The third-order valence-electron chi connectivity index (χ3n) is 5.80. The standard InChI is InChI=1S/C16H30N2O10/c19-5-7-9(21)11(23)13(25)15(27-7)17-1-2-18(4-3-17)16-14(26)12(24)10(22)8(6-20)28-16/h7-16,19-26H,1-6H2/t7-,8-,9-,10-,11+,12+,13-,14-,15?,16?/m1/s1. The third-order valence-corrected chi connectivity index (χ3v) is 5.80. The van der Waals surface area contributed by atoms with Crippen LogP contribution in [0.15, 0.2) is 0 Å². The van der Waals surface area contributed by atoms with Gasteiger partial charge >= 0.3 is 0 Å². The molecule has 28 heavy (non-hydrogen) atoms. The normalized spacial score (nSPS) is 49.3. The minimum absolute atomic E-state index is 0.345. The Bertz CT molecular complexity index is 460. The van der Waals surface area contributed by atoms with E-state index in [-0.39, 0.29) is 0 Å². The van der Waals surface area contributed by atoms with E-state index in [1.807, 2.05) is 0 Å². The summed E-state index contributed by atoms with van der Waals surface area (Å²) in [7, 11) is 0. The second-order valence-electron chi connectivity index (χ2n) is 7.51. The van der Waals surface area contributed by atoms with Gasteiger partial charge in [0.05, 0.1) is 13.2 Å². The van der Waals surface area contributed by atoms with Crippen molar-refractivity contribution in [2.45, 2.75) is 61.3 Å². The van der Waals surface area contributed by atoms with Crippen LogP contribution in [0.25, 0.3) is 0 Å². The Morgan fingerprint density at radius 2 is 0.857 bits per heavy atom. The SMILES string of the molecule is OC[C@H]1OC(N2CCN(C3O[C@H](CO)[C@@H](O)[C@H](O)[C@H]3O)CC2)[C@H](O)[C@@H](O)[C@@H]1O. The maximum atomic E-state index is 10.2. The highest BCUT2D eigenvalue weighted by Crippen LogP contribution is 2.27. The van der Waals surface area contributed by atoms with Crippen LogP contribution in [0.2, 0.25) is 0 Å². The smallest absolute Gasteiger partial charge is 0.140 e. The van der Waals surface area contributed by atoms with Gasteiger partial charge in [-0.15, -0.1) is 0 Å². The fourth-order valence-electron chi connectivity index (χ4n) is 4.01. The molecule has 3 saturated heterocycles. The highest BCUT2D eigenvalue weighted by molar-refractivity contribution is 4.95. The number of aliphatic hydroxyl groups is 8. The van der Waals surface area contributed by atoms with Gasteiger partial charge in [-0.1, -0.05) is 0 Å². The van der Waals surface area contributed by atoms with Crippen LogP contribution in [0.3, 0.4) is 0 Å². The highest BCUT2D eigenvalue weighted by Gasteiger charge is 2.48. The van der Waals surface area contributed by atoms with Gasteiger partial charge in [-0.05, 0) is 0 Å². The largest absolute Gasteiger partial charge is 0.394 e. The first kappa shape index (κ1) is 22.2. The molecule has 12 nitrogen and oxygen atoms in total. The molecule has 12 heteroatoms. The number of ether oxygens (including phenoxy) is 2. The summed E-state index contributed by atoms with van der Waals surface area (Å²) in [6, 6.07) is 0. The van der Waals surface area contributed by atoms with Crippen LogP contribution in [-0.2, 0) is 9.47 Å². The molecule has 3 fully saturated rings. The molecule has 164 valence electrons. The summed E-state index contributed by atoms with van der Waals surface area (Å²) in [4.78, 5) is 3.48. The molecule has 8 N–H and O–H groups in total. The van der Waals surface area contributed by atoms with Crippen LogP contribution in [0.5, 0.6) is 0 Å². The zero-order valence-electron chi connectivity index (χ0n) is 15.3. The summed E-state index contributed by atoms with van der Waals surface area (Å²) in [6.07, 6.45) is -12.3. The lowest BCUT2D eigenvalue weighted by Gasteiger charge is -2.50. The molecule has 0 radical (unpaired) electrons. The molecule has 3 rings (SSSR count). The number of hydrogen-bond donors (Lipinski definition) is 8. The van der Waals surface area contributed by atoms with Gasteiger partial charge in [0.1, 0.15) is 61.3 Å². The molecule has 0 saturated carbocycles. The number of piperazine rings is 1. The quantitative estimate of drug-likeness (QED) is 0.220. The van der Waals surface area contributed by atoms with Crippen molar-refractivity contribution in [1.29, 1.82) is 0 Å². The van der Waals surface area contributed by atoms with Gasteiger partial charge in [-0.25, -0.2) is 0 Å². The van der Waals surface area contributed by atoms with Gasteiger partial charge in [-0.2, -0.15) is 0 Å². The minimum Gasteiger partial charge on any atom is -0.394 e. The van der Waals surface area contributed by atoms with Crippen molar-refractivity contribution in [3.63, 3.8) is 0 Å². The molecular formula is C16H30N2O10. The van der Waals surface area contributed by atoms with Crippen molar-refractivity contribution in [2.75, 3.05) is 39.4 Å². The number of nitrogens with zero attached hydrogens (tertiary/aromatic N) is 2. The van der Waals surface area contributed by atoms with Crippen molar-refractivity contribution in [3.8, 4) is 0 Å². The second kappa shape index (κ2) is 9.12. The van der Waals surface area contributed by atoms with Gasteiger partial charge < -0.3 is 50.3 Å². The molecular weight excluding hydrogens is 380 g/mol. The zero-order valence-corrected chi connectivity index (χ0v) is 15.3. The topological polar surface area (TPSA) is 187 Å². The summed E-state index contributed by atoms with van der Waals surface area (Å²) in [5, 5.41) is 78.7. The van der Waals surface area contributed by atoms with Crippen molar-refractivity contribution < 1.29 is 50.3 Å². The van der Waals surface area contributed by atoms with E-state index in [2.05, 4.69) is 0 Å². The minimum atomic E-state index is -1.46. The van der Waals surface area contributed by atoms with Gasteiger partial charge in [0.2, 0.25) is 0 Å². The maximum Gasteiger partial charge on any atom is 0.140 e. The molecule has 0 aliphatic carbocycles. The highest BCUT2D eigenvalue weighted by atomic mass is 16.6. The summed E-state index contributed by atoms with van der Waals surface area (Å²) < 4.78 is 11.1. The molecule has 3 aliphatic heterocycles.